The summed E-state index contributed by atoms with van der Waals surface area (Å²) in [6.45, 7) is 0. The second kappa shape index (κ2) is 7.69. The summed E-state index contributed by atoms with van der Waals surface area (Å²) < 4.78 is 0. The average Bonchev–Trinajstić information content (AvgIpc) is 2.83. The Morgan fingerprint density at radius 2 is 0.968 bits per heavy atom. The molecule has 4 heteroatoms. The highest BCUT2D eigenvalue weighted by atomic mass is 32.2. The van der Waals surface area contributed by atoms with Gasteiger partial charge in [-0.05, 0) is 70.8 Å². The monoisotopic (exact) mass is 415 g/mol. The van der Waals surface area contributed by atoms with Gasteiger partial charge in [0.05, 0.1) is 34.6 Å². The number of hydrogen-bond acceptors (Lipinski definition) is 4. The van der Waals surface area contributed by atoms with E-state index in [1.54, 1.807) is 11.8 Å². The van der Waals surface area contributed by atoms with Crippen LogP contribution in [-0.2, 0) is 0 Å². The Hall–Kier alpha value is -3.99. The number of fused-ring (bicyclic) bond motifs is 2. The number of nitrogens with zero attached hydrogens (tertiary/aromatic N) is 3. The van der Waals surface area contributed by atoms with Gasteiger partial charge in [-0.25, -0.2) is 0 Å². The van der Waals surface area contributed by atoms with Gasteiger partial charge in [0, 0.05) is 16.8 Å². The first kappa shape index (κ1) is 19.0. The van der Waals surface area contributed by atoms with Crippen LogP contribution in [0.2, 0.25) is 0 Å². The summed E-state index contributed by atoms with van der Waals surface area (Å²) in [5.41, 5.74) is 8.17. The molecule has 0 aromatic heterocycles. The van der Waals surface area contributed by atoms with Gasteiger partial charge < -0.3 is 4.90 Å². The minimum atomic E-state index is 0.667. The first-order chi connectivity index (χ1) is 15.2. The molecule has 0 atom stereocenters. The molecule has 0 bridgehead atoms. The number of anilines is 2. The number of nitriles is 2. The summed E-state index contributed by atoms with van der Waals surface area (Å²) in [5.74, 6) is 0. The Kier molecular flexibility index (Phi) is 4.71. The molecular weight excluding hydrogens is 398 g/mol. The Bertz CT molecular complexity index is 1270. The Labute approximate surface area is 185 Å². The lowest BCUT2D eigenvalue weighted by Crippen LogP contribution is -2.14. The van der Waals surface area contributed by atoms with Crippen molar-refractivity contribution in [1.82, 2.24) is 0 Å². The molecule has 0 saturated heterocycles. The van der Waals surface area contributed by atoms with E-state index in [2.05, 4.69) is 60.5 Å². The molecule has 0 saturated carbocycles. The first-order valence-electron chi connectivity index (χ1n) is 9.87. The molecule has 5 rings (SSSR count). The quantitative estimate of drug-likeness (QED) is 0.354. The summed E-state index contributed by atoms with van der Waals surface area (Å²) in [7, 11) is 2.10. The van der Waals surface area contributed by atoms with E-state index in [0.717, 1.165) is 22.3 Å². The van der Waals surface area contributed by atoms with Crippen LogP contribution >= 0.6 is 11.8 Å². The molecule has 1 heterocycles. The minimum Gasteiger partial charge on any atom is -0.343 e. The summed E-state index contributed by atoms with van der Waals surface area (Å²) >= 11 is 1.77. The molecule has 31 heavy (non-hydrogen) atoms. The van der Waals surface area contributed by atoms with E-state index in [9.17, 15) is 0 Å². The van der Waals surface area contributed by atoms with Gasteiger partial charge >= 0.3 is 0 Å². The Morgan fingerprint density at radius 1 is 0.581 bits per heavy atom. The molecule has 0 radical (unpaired) electrons. The highest BCUT2D eigenvalue weighted by Gasteiger charge is 2.21. The predicted octanol–water partition coefficient (Wildman–Crippen LogP) is 7.00. The van der Waals surface area contributed by atoms with Crippen molar-refractivity contribution in [2.75, 3.05) is 11.9 Å². The maximum atomic E-state index is 9.04. The van der Waals surface area contributed by atoms with E-state index in [1.807, 2.05) is 48.5 Å². The third-order valence-electron chi connectivity index (χ3n) is 5.56. The van der Waals surface area contributed by atoms with Gasteiger partial charge in [-0.15, -0.1) is 0 Å². The lowest BCUT2D eigenvalue weighted by atomic mass is 10.0. The number of benzene rings is 4. The van der Waals surface area contributed by atoms with Crippen LogP contribution in [0.4, 0.5) is 11.4 Å². The zero-order valence-electron chi connectivity index (χ0n) is 16.8. The summed E-state index contributed by atoms with van der Waals surface area (Å²) in [6, 6.07) is 32.8. The Morgan fingerprint density at radius 3 is 1.35 bits per heavy atom. The van der Waals surface area contributed by atoms with Crippen LogP contribution in [0, 0.1) is 22.7 Å². The van der Waals surface area contributed by atoms with Gasteiger partial charge in [-0.1, -0.05) is 48.2 Å². The van der Waals surface area contributed by atoms with Crippen LogP contribution < -0.4 is 4.90 Å². The normalized spacial score (nSPS) is 11.8. The van der Waals surface area contributed by atoms with Crippen LogP contribution in [0.15, 0.2) is 94.7 Å². The standard InChI is InChI=1S/C27H17N3S/c1-30-24-12-10-22(20-6-2-18(16-28)3-7-20)14-26(24)31-27-15-23(11-13-25(27)30)21-8-4-19(17-29)5-9-21/h2-15H,1H3. The predicted molar refractivity (Wildman–Crippen MR) is 125 cm³/mol. The Balaban J connectivity index is 1.51. The minimum absolute atomic E-state index is 0.667. The van der Waals surface area contributed by atoms with Crippen molar-refractivity contribution in [3.8, 4) is 34.4 Å². The topological polar surface area (TPSA) is 50.8 Å². The van der Waals surface area contributed by atoms with Crippen LogP contribution in [0.3, 0.4) is 0 Å². The van der Waals surface area contributed by atoms with Crippen molar-refractivity contribution in [3.05, 3.63) is 96.1 Å². The lowest BCUT2D eigenvalue weighted by molar-refractivity contribution is 1.11. The third kappa shape index (κ3) is 3.44. The smallest absolute Gasteiger partial charge is 0.0991 e. The van der Waals surface area contributed by atoms with Gasteiger partial charge in [0.2, 0.25) is 0 Å². The van der Waals surface area contributed by atoms with Gasteiger partial charge in [0.1, 0.15) is 0 Å². The molecule has 1 aliphatic heterocycles. The van der Waals surface area contributed by atoms with E-state index in [1.165, 1.54) is 21.2 Å². The van der Waals surface area contributed by atoms with E-state index in [0.29, 0.717) is 11.1 Å². The highest BCUT2D eigenvalue weighted by molar-refractivity contribution is 7.99. The molecule has 0 unspecified atom stereocenters. The molecule has 0 fully saturated rings. The second-order valence-corrected chi connectivity index (χ2v) is 8.49. The molecule has 3 nitrogen and oxygen atoms in total. The number of rotatable bonds is 2. The van der Waals surface area contributed by atoms with Gasteiger partial charge in [-0.3, -0.25) is 0 Å². The second-order valence-electron chi connectivity index (χ2n) is 7.40. The summed E-state index contributed by atoms with van der Waals surface area (Å²) in [6.07, 6.45) is 0. The SMILES string of the molecule is CN1c2ccc(-c3ccc(C#N)cc3)cc2Sc2cc(-c3ccc(C#N)cc3)ccc21. The molecule has 1 aliphatic rings. The van der Waals surface area contributed by atoms with Crippen molar-refractivity contribution in [2.24, 2.45) is 0 Å². The molecule has 0 spiro atoms. The van der Waals surface area contributed by atoms with Crippen LogP contribution in [0.5, 0.6) is 0 Å². The van der Waals surface area contributed by atoms with Gasteiger partial charge in [-0.2, -0.15) is 10.5 Å². The lowest BCUT2D eigenvalue weighted by Gasteiger charge is -2.30. The molecule has 4 aromatic rings. The van der Waals surface area contributed by atoms with E-state index >= 15 is 0 Å². The zero-order chi connectivity index (χ0) is 21.4. The average molecular weight is 416 g/mol. The first-order valence-corrected chi connectivity index (χ1v) is 10.7. The van der Waals surface area contributed by atoms with Crippen LogP contribution in [0.25, 0.3) is 22.3 Å². The molecule has 0 aliphatic carbocycles. The molecular formula is C27H17N3S. The van der Waals surface area contributed by atoms with Crippen molar-refractivity contribution in [2.45, 2.75) is 9.79 Å². The maximum absolute atomic E-state index is 9.04. The van der Waals surface area contributed by atoms with Crippen molar-refractivity contribution >= 4 is 23.1 Å². The molecule has 0 N–H and O–H groups in total. The molecule has 146 valence electrons. The van der Waals surface area contributed by atoms with E-state index in [4.69, 9.17) is 10.5 Å². The number of hydrogen-bond donors (Lipinski definition) is 0. The fourth-order valence-electron chi connectivity index (χ4n) is 3.83. The fraction of sp³-hybridized carbons (Fsp3) is 0.0370. The van der Waals surface area contributed by atoms with E-state index < -0.39 is 0 Å². The summed E-state index contributed by atoms with van der Waals surface area (Å²) in [4.78, 5) is 4.63. The molecule has 4 aromatic carbocycles. The van der Waals surface area contributed by atoms with Gasteiger partial charge in [0.25, 0.3) is 0 Å². The largest absolute Gasteiger partial charge is 0.343 e. The van der Waals surface area contributed by atoms with Crippen LogP contribution in [-0.4, -0.2) is 7.05 Å². The maximum Gasteiger partial charge on any atom is 0.0991 e. The third-order valence-corrected chi connectivity index (χ3v) is 6.65. The highest BCUT2D eigenvalue weighted by Crippen LogP contribution is 2.49. The van der Waals surface area contributed by atoms with Gasteiger partial charge in [0.15, 0.2) is 0 Å². The fourth-order valence-corrected chi connectivity index (χ4v) is 5.06. The van der Waals surface area contributed by atoms with E-state index in [-0.39, 0.29) is 0 Å². The molecule has 0 amide bonds. The summed E-state index contributed by atoms with van der Waals surface area (Å²) in [5, 5.41) is 18.1. The van der Waals surface area contributed by atoms with Crippen LogP contribution in [0.1, 0.15) is 11.1 Å². The zero-order valence-corrected chi connectivity index (χ0v) is 17.6. The van der Waals surface area contributed by atoms with Crippen molar-refractivity contribution in [3.63, 3.8) is 0 Å². The van der Waals surface area contributed by atoms with Crippen molar-refractivity contribution < 1.29 is 0 Å². The van der Waals surface area contributed by atoms with Crippen molar-refractivity contribution in [1.29, 1.82) is 10.5 Å².